The van der Waals surface area contributed by atoms with Gasteiger partial charge in [0, 0.05) is 17.8 Å². The third-order valence-electron chi connectivity index (χ3n) is 2.92. The van der Waals surface area contributed by atoms with E-state index >= 15 is 0 Å². The largest absolute Gasteiger partial charge is 0.360 e. The highest BCUT2D eigenvalue weighted by atomic mass is 32.2. The number of rotatable bonds is 7. The molecule has 100 valence electrons. The minimum atomic E-state index is 0.239. The summed E-state index contributed by atoms with van der Waals surface area (Å²) in [4.78, 5) is 4.66. The van der Waals surface area contributed by atoms with Crippen LogP contribution in [0.2, 0.25) is 0 Å². The predicted molar refractivity (Wildman–Crippen MR) is 83.4 cm³/mol. The Labute approximate surface area is 115 Å². The second-order valence-electron chi connectivity index (χ2n) is 5.20. The molecule has 1 heterocycles. The van der Waals surface area contributed by atoms with Gasteiger partial charge in [0.25, 0.3) is 0 Å². The van der Waals surface area contributed by atoms with E-state index in [2.05, 4.69) is 30.4 Å². The molecule has 1 aliphatic rings. The molecule has 1 aliphatic heterocycles. The molecule has 0 amide bonds. The number of hydrogen-bond donors (Lipinski definition) is 1. The van der Waals surface area contributed by atoms with Gasteiger partial charge in [-0.2, -0.15) is 11.8 Å². The van der Waals surface area contributed by atoms with Gasteiger partial charge in [0.05, 0.1) is 0 Å². The van der Waals surface area contributed by atoms with Crippen LogP contribution in [0.3, 0.4) is 0 Å². The van der Waals surface area contributed by atoms with Crippen molar-refractivity contribution < 1.29 is 0 Å². The number of amidine groups is 1. The van der Waals surface area contributed by atoms with Crippen molar-refractivity contribution in [3.63, 3.8) is 0 Å². The van der Waals surface area contributed by atoms with E-state index < -0.39 is 0 Å². The van der Waals surface area contributed by atoms with Gasteiger partial charge >= 0.3 is 0 Å². The van der Waals surface area contributed by atoms with E-state index in [9.17, 15) is 0 Å². The molecule has 17 heavy (non-hydrogen) atoms. The van der Waals surface area contributed by atoms with E-state index in [4.69, 9.17) is 0 Å². The summed E-state index contributed by atoms with van der Waals surface area (Å²) in [5.41, 5.74) is 0.239. The van der Waals surface area contributed by atoms with Crippen molar-refractivity contribution in [1.82, 2.24) is 5.32 Å². The fraction of sp³-hybridized carbons (Fsp3) is 0.923. The zero-order chi connectivity index (χ0) is 12.6. The van der Waals surface area contributed by atoms with Crippen LogP contribution in [0.4, 0.5) is 0 Å². The molecule has 0 aromatic heterocycles. The lowest BCUT2D eigenvalue weighted by atomic mass is 10.0. The van der Waals surface area contributed by atoms with Crippen molar-refractivity contribution >= 4 is 28.7 Å². The number of nitrogens with one attached hydrogen (secondary N) is 1. The maximum atomic E-state index is 4.66. The molecule has 0 atom stereocenters. The molecule has 0 radical (unpaired) electrons. The van der Waals surface area contributed by atoms with E-state index in [0.29, 0.717) is 0 Å². The first kappa shape index (κ1) is 15.2. The maximum Gasteiger partial charge on any atom is 0.156 e. The highest BCUT2D eigenvalue weighted by Gasteiger charge is 2.23. The predicted octanol–water partition coefficient (Wildman–Crippen LogP) is 3.77. The normalized spacial score (nSPS) is 21.5. The molecule has 0 saturated carbocycles. The lowest BCUT2D eigenvalue weighted by Gasteiger charge is -2.32. The number of hydrogen-bond acceptors (Lipinski definition) is 3. The van der Waals surface area contributed by atoms with Gasteiger partial charge in [0.2, 0.25) is 0 Å². The van der Waals surface area contributed by atoms with Crippen molar-refractivity contribution in [2.24, 2.45) is 4.99 Å². The molecule has 1 rings (SSSR count). The number of aliphatic imine (C=N–C) groups is 1. The van der Waals surface area contributed by atoms with Crippen molar-refractivity contribution in [3.05, 3.63) is 0 Å². The van der Waals surface area contributed by atoms with E-state index in [0.717, 1.165) is 11.7 Å². The van der Waals surface area contributed by atoms with Gasteiger partial charge in [0.1, 0.15) is 0 Å². The summed E-state index contributed by atoms with van der Waals surface area (Å²) in [5, 5.41) is 4.67. The standard InChI is InChI=1S/C13H26N2S2/c1-13(2)8-11-17-12(15-13)14-9-6-4-5-7-10-16-3/h4-11H2,1-3H3,(H,14,15). The highest BCUT2D eigenvalue weighted by Crippen LogP contribution is 2.21. The Morgan fingerprint density at radius 3 is 2.76 bits per heavy atom. The van der Waals surface area contributed by atoms with Crippen LogP contribution in [-0.2, 0) is 0 Å². The molecule has 0 unspecified atom stereocenters. The Balaban J connectivity index is 2.08. The minimum absolute atomic E-state index is 0.239. The summed E-state index contributed by atoms with van der Waals surface area (Å²) < 4.78 is 0. The van der Waals surface area contributed by atoms with Crippen molar-refractivity contribution in [2.75, 3.05) is 24.3 Å². The summed E-state index contributed by atoms with van der Waals surface area (Å²) >= 11 is 3.82. The topological polar surface area (TPSA) is 24.4 Å². The molecule has 0 aromatic rings. The van der Waals surface area contributed by atoms with Gasteiger partial charge in [-0.25, -0.2) is 0 Å². The Hall–Kier alpha value is 0.170. The molecular weight excluding hydrogens is 248 g/mol. The van der Waals surface area contributed by atoms with Gasteiger partial charge in [-0.1, -0.05) is 24.6 Å². The number of unbranched alkanes of at least 4 members (excludes halogenated alkanes) is 3. The third kappa shape index (κ3) is 7.24. The van der Waals surface area contributed by atoms with Crippen LogP contribution in [0.1, 0.15) is 46.0 Å². The molecule has 2 nitrogen and oxygen atoms in total. The van der Waals surface area contributed by atoms with Gasteiger partial charge in [-0.15, -0.1) is 0 Å². The summed E-state index contributed by atoms with van der Waals surface area (Å²) in [6.07, 6.45) is 8.69. The van der Waals surface area contributed by atoms with E-state index in [1.807, 2.05) is 23.5 Å². The third-order valence-corrected chi connectivity index (χ3v) is 4.53. The lowest BCUT2D eigenvalue weighted by molar-refractivity contribution is 0.446. The van der Waals surface area contributed by atoms with Crippen molar-refractivity contribution in [3.8, 4) is 0 Å². The zero-order valence-corrected chi connectivity index (χ0v) is 13.1. The molecule has 0 aliphatic carbocycles. The number of thioether (sulfide) groups is 2. The lowest BCUT2D eigenvalue weighted by Crippen LogP contribution is -2.46. The Kier molecular flexibility index (Phi) is 7.44. The van der Waals surface area contributed by atoms with Crippen molar-refractivity contribution in [2.45, 2.75) is 51.5 Å². The summed E-state index contributed by atoms with van der Waals surface area (Å²) in [7, 11) is 0. The fourth-order valence-electron chi connectivity index (χ4n) is 1.77. The fourth-order valence-corrected chi connectivity index (χ4v) is 3.60. The summed E-state index contributed by atoms with van der Waals surface area (Å²) in [6, 6.07) is 0. The molecule has 4 heteroatoms. The Morgan fingerprint density at radius 2 is 2.06 bits per heavy atom. The first-order valence-corrected chi connectivity index (χ1v) is 8.96. The Bertz CT molecular complexity index is 240. The first-order valence-electron chi connectivity index (χ1n) is 6.58. The van der Waals surface area contributed by atoms with Crippen molar-refractivity contribution in [1.29, 1.82) is 0 Å². The van der Waals surface area contributed by atoms with Gasteiger partial charge in [-0.05, 0) is 45.1 Å². The number of nitrogens with zero attached hydrogens (tertiary/aromatic N) is 1. The summed E-state index contributed by atoms with van der Waals surface area (Å²) in [6.45, 7) is 5.50. The monoisotopic (exact) mass is 274 g/mol. The minimum Gasteiger partial charge on any atom is -0.360 e. The van der Waals surface area contributed by atoms with Crippen LogP contribution in [0.15, 0.2) is 4.99 Å². The van der Waals surface area contributed by atoms with Crippen LogP contribution in [0, 0.1) is 0 Å². The Morgan fingerprint density at radius 1 is 1.29 bits per heavy atom. The molecule has 1 saturated heterocycles. The van der Waals surface area contributed by atoms with E-state index in [-0.39, 0.29) is 5.54 Å². The zero-order valence-electron chi connectivity index (χ0n) is 11.4. The van der Waals surface area contributed by atoms with Crippen LogP contribution in [-0.4, -0.2) is 35.0 Å². The van der Waals surface area contributed by atoms with Gasteiger partial charge in [-0.3, -0.25) is 4.99 Å². The average molecular weight is 274 g/mol. The molecule has 0 aromatic carbocycles. The first-order chi connectivity index (χ1) is 8.14. The molecule has 0 spiro atoms. The summed E-state index contributed by atoms with van der Waals surface area (Å²) in [5.74, 6) is 2.51. The smallest absolute Gasteiger partial charge is 0.156 e. The van der Waals surface area contributed by atoms with Gasteiger partial charge < -0.3 is 5.32 Å². The second-order valence-corrected chi connectivity index (χ2v) is 7.27. The molecular formula is C13H26N2S2. The SMILES string of the molecule is CSCCCCCCN=C1NC(C)(C)CCS1. The van der Waals surface area contributed by atoms with Crippen LogP contribution in [0.25, 0.3) is 0 Å². The van der Waals surface area contributed by atoms with E-state index in [1.165, 1.54) is 43.6 Å². The van der Waals surface area contributed by atoms with Crippen LogP contribution in [0.5, 0.6) is 0 Å². The van der Waals surface area contributed by atoms with Gasteiger partial charge in [0.15, 0.2) is 5.17 Å². The van der Waals surface area contributed by atoms with Crippen LogP contribution < -0.4 is 5.32 Å². The maximum absolute atomic E-state index is 4.66. The average Bonchev–Trinajstić information content (AvgIpc) is 2.27. The highest BCUT2D eigenvalue weighted by molar-refractivity contribution is 8.13. The quantitative estimate of drug-likeness (QED) is 0.715. The molecule has 1 N–H and O–H groups in total. The van der Waals surface area contributed by atoms with E-state index in [1.54, 1.807) is 0 Å². The molecule has 1 fully saturated rings. The van der Waals surface area contributed by atoms with Crippen LogP contribution >= 0.6 is 23.5 Å². The molecule has 0 bridgehead atoms. The second kappa shape index (κ2) is 8.30.